The van der Waals surface area contributed by atoms with Crippen molar-refractivity contribution < 1.29 is 0 Å². The summed E-state index contributed by atoms with van der Waals surface area (Å²) in [6.07, 6.45) is 2.79. The van der Waals surface area contributed by atoms with Crippen LogP contribution in [-0.2, 0) is 0 Å². The molecule has 3 nitrogen and oxygen atoms in total. The van der Waals surface area contributed by atoms with E-state index in [1.54, 1.807) is 0 Å². The summed E-state index contributed by atoms with van der Waals surface area (Å²) >= 11 is 0. The standard InChI is InChI=1S/C14H31N3/c1-14(2,3)13(15-4)12-16(5)10-11-17-8-6-7-9-17/h13,15H,6-12H2,1-5H3. The molecule has 1 aliphatic heterocycles. The van der Waals surface area contributed by atoms with E-state index in [0.717, 1.165) is 6.54 Å². The van der Waals surface area contributed by atoms with E-state index < -0.39 is 0 Å². The minimum absolute atomic E-state index is 0.330. The molecule has 17 heavy (non-hydrogen) atoms. The molecule has 0 amide bonds. The number of nitrogens with zero attached hydrogens (tertiary/aromatic N) is 2. The predicted octanol–water partition coefficient (Wildman–Crippen LogP) is 1.65. The summed E-state index contributed by atoms with van der Waals surface area (Å²) in [6.45, 7) is 13.1. The van der Waals surface area contributed by atoms with Crippen molar-refractivity contribution in [3.05, 3.63) is 0 Å². The quantitative estimate of drug-likeness (QED) is 0.763. The molecular weight excluding hydrogens is 210 g/mol. The average Bonchev–Trinajstić information content (AvgIpc) is 2.74. The number of rotatable bonds is 6. The fourth-order valence-electron chi connectivity index (χ4n) is 2.52. The molecule has 0 radical (unpaired) electrons. The first-order valence-corrected chi connectivity index (χ1v) is 7.01. The van der Waals surface area contributed by atoms with Crippen LogP contribution in [0.1, 0.15) is 33.6 Å². The Balaban J connectivity index is 2.24. The summed E-state index contributed by atoms with van der Waals surface area (Å²) in [5.41, 5.74) is 0.330. The van der Waals surface area contributed by atoms with Gasteiger partial charge in [0.1, 0.15) is 0 Å². The van der Waals surface area contributed by atoms with Crippen LogP contribution in [0.5, 0.6) is 0 Å². The van der Waals surface area contributed by atoms with Crippen LogP contribution < -0.4 is 5.32 Å². The minimum Gasteiger partial charge on any atom is -0.315 e. The van der Waals surface area contributed by atoms with Crippen LogP contribution >= 0.6 is 0 Å². The van der Waals surface area contributed by atoms with Gasteiger partial charge in [0.2, 0.25) is 0 Å². The smallest absolute Gasteiger partial charge is 0.0240 e. The third kappa shape index (κ3) is 5.36. The van der Waals surface area contributed by atoms with Crippen LogP contribution in [-0.4, -0.2) is 62.7 Å². The van der Waals surface area contributed by atoms with Crippen LogP contribution in [0.2, 0.25) is 0 Å². The molecule has 1 aliphatic rings. The molecule has 1 saturated heterocycles. The zero-order valence-electron chi connectivity index (χ0n) is 12.4. The maximum Gasteiger partial charge on any atom is 0.0240 e. The van der Waals surface area contributed by atoms with E-state index in [1.165, 1.54) is 39.0 Å². The molecule has 3 heteroatoms. The molecular formula is C14H31N3. The van der Waals surface area contributed by atoms with E-state index in [2.05, 4.69) is 50.0 Å². The topological polar surface area (TPSA) is 18.5 Å². The van der Waals surface area contributed by atoms with Crippen molar-refractivity contribution in [2.45, 2.75) is 39.7 Å². The SMILES string of the molecule is CNC(CN(C)CCN1CCCC1)C(C)(C)C. The van der Waals surface area contributed by atoms with Crippen molar-refractivity contribution in [1.29, 1.82) is 0 Å². The lowest BCUT2D eigenvalue weighted by atomic mass is 9.86. The van der Waals surface area contributed by atoms with E-state index in [4.69, 9.17) is 0 Å². The van der Waals surface area contributed by atoms with E-state index in [1.807, 2.05) is 0 Å². The number of hydrogen-bond donors (Lipinski definition) is 1. The zero-order chi connectivity index (χ0) is 12.9. The Kier molecular flexibility index (Phi) is 5.90. The van der Waals surface area contributed by atoms with Crippen molar-refractivity contribution in [1.82, 2.24) is 15.1 Å². The van der Waals surface area contributed by atoms with Gasteiger partial charge in [-0.15, -0.1) is 0 Å². The Morgan fingerprint density at radius 3 is 2.29 bits per heavy atom. The van der Waals surface area contributed by atoms with Crippen LogP contribution in [0.3, 0.4) is 0 Å². The van der Waals surface area contributed by atoms with Gasteiger partial charge in [0.05, 0.1) is 0 Å². The highest BCUT2D eigenvalue weighted by Crippen LogP contribution is 2.19. The fraction of sp³-hybridized carbons (Fsp3) is 1.00. The van der Waals surface area contributed by atoms with Gasteiger partial charge < -0.3 is 15.1 Å². The maximum atomic E-state index is 3.45. The molecule has 0 bridgehead atoms. The van der Waals surface area contributed by atoms with Crippen molar-refractivity contribution in [3.63, 3.8) is 0 Å². The van der Waals surface area contributed by atoms with E-state index >= 15 is 0 Å². The third-order valence-electron chi connectivity index (χ3n) is 3.88. The second-order valence-electron chi connectivity index (χ2n) is 6.52. The average molecular weight is 241 g/mol. The molecule has 1 rings (SSSR count). The first-order valence-electron chi connectivity index (χ1n) is 7.01. The van der Waals surface area contributed by atoms with Gasteiger partial charge in [-0.1, -0.05) is 20.8 Å². The summed E-state index contributed by atoms with van der Waals surface area (Å²) in [5.74, 6) is 0. The molecule has 0 aromatic heterocycles. The Morgan fingerprint density at radius 1 is 1.24 bits per heavy atom. The largest absolute Gasteiger partial charge is 0.315 e. The van der Waals surface area contributed by atoms with Crippen molar-refractivity contribution in [2.24, 2.45) is 5.41 Å². The summed E-state index contributed by atoms with van der Waals surface area (Å²) < 4.78 is 0. The van der Waals surface area contributed by atoms with Crippen LogP contribution in [0.15, 0.2) is 0 Å². The monoisotopic (exact) mass is 241 g/mol. The van der Waals surface area contributed by atoms with Crippen LogP contribution in [0.4, 0.5) is 0 Å². The highest BCUT2D eigenvalue weighted by molar-refractivity contribution is 4.82. The Labute approximate surface area is 108 Å². The first-order chi connectivity index (χ1) is 7.93. The number of likely N-dealkylation sites (tertiary alicyclic amines) is 1. The van der Waals surface area contributed by atoms with Gasteiger partial charge in [0.15, 0.2) is 0 Å². The van der Waals surface area contributed by atoms with Crippen LogP contribution in [0.25, 0.3) is 0 Å². The highest BCUT2D eigenvalue weighted by Gasteiger charge is 2.24. The number of likely N-dealkylation sites (N-methyl/N-ethyl adjacent to an activating group) is 2. The third-order valence-corrected chi connectivity index (χ3v) is 3.88. The van der Waals surface area contributed by atoms with Gasteiger partial charge in [-0.3, -0.25) is 0 Å². The molecule has 1 atom stereocenters. The molecule has 1 heterocycles. The molecule has 0 spiro atoms. The van der Waals surface area contributed by atoms with Gasteiger partial charge in [-0.25, -0.2) is 0 Å². The lowest BCUT2D eigenvalue weighted by Gasteiger charge is -2.34. The van der Waals surface area contributed by atoms with Gasteiger partial charge in [0.25, 0.3) is 0 Å². The summed E-state index contributed by atoms with van der Waals surface area (Å²) in [6, 6.07) is 0.561. The molecule has 1 fully saturated rings. The zero-order valence-corrected chi connectivity index (χ0v) is 12.4. The molecule has 0 saturated carbocycles. The normalized spacial score (nSPS) is 20.1. The Morgan fingerprint density at radius 2 is 1.82 bits per heavy atom. The number of hydrogen-bond acceptors (Lipinski definition) is 3. The van der Waals surface area contributed by atoms with Gasteiger partial charge in [-0.05, 0) is 45.4 Å². The lowest BCUT2D eigenvalue weighted by Crippen LogP contribution is -2.47. The van der Waals surface area contributed by atoms with Crippen LogP contribution in [0, 0.1) is 5.41 Å². The number of nitrogens with one attached hydrogen (secondary N) is 1. The first kappa shape index (κ1) is 14.9. The summed E-state index contributed by atoms with van der Waals surface area (Å²) in [7, 11) is 4.32. The van der Waals surface area contributed by atoms with Crippen molar-refractivity contribution in [3.8, 4) is 0 Å². The van der Waals surface area contributed by atoms with E-state index in [0.29, 0.717) is 11.5 Å². The second kappa shape index (κ2) is 6.72. The molecule has 102 valence electrons. The second-order valence-corrected chi connectivity index (χ2v) is 6.52. The van der Waals surface area contributed by atoms with Gasteiger partial charge >= 0.3 is 0 Å². The maximum absolute atomic E-state index is 3.45. The predicted molar refractivity (Wildman–Crippen MR) is 75.5 cm³/mol. The van der Waals surface area contributed by atoms with Crippen molar-refractivity contribution in [2.75, 3.05) is 46.8 Å². The Hall–Kier alpha value is -0.120. The minimum atomic E-state index is 0.330. The van der Waals surface area contributed by atoms with E-state index in [-0.39, 0.29) is 0 Å². The summed E-state index contributed by atoms with van der Waals surface area (Å²) in [5, 5.41) is 3.45. The Bertz CT molecular complexity index is 204. The summed E-state index contributed by atoms with van der Waals surface area (Å²) in [4.78, 5) is 5.05. The van der Waals surface area contributed by atoms with Gasteiger partial charge in [0, 0.05) is 25.7 Å². The van der Waals surface area contributed by atoms with E-state index in [9.17, 15) is 0 Å². The molecule has 0 aromatic rings. The highest BCUT2D eigenvalue weighted by atomic mass is 15.2. The molecule has 0 aromatic carbocycles. The molecule has 1 unspecified atom stereocenters. The van der Waals surface area contributed by atoms with Crippen molar-refractivity contribution >= 4 is 0 Å². The molecule has 1 N–H and O–H groups in total. The lowest BCUT2D eigenvalue weighted by molar-refractivity contribution is 0.186. The fourth-order valence-corrected chi connectivity index (χ4v) is 2.52. The van der Waals surface area contributed by atoms with Gasteiger partial charge in [-0.2, -0.15) is 0 Å². The molecule has 0 aliphatic carbocycles.